The van der Waals surface area contributed by atoms with Crippen LogP contribution in [-0.4, -0.2) is 120 Å². The van der Waals surface area contributed by atoms with Crippen LogP contribution in [0, 0.1) is 23.3 Å². The molecule has 2 amide bonds. The summed E-state index contributed by atoms with van der Waals surface area (Å²) in [6.45, 7) is 0. The summed E-state index contributed by atoms with van der Waals surface area (Å²) >= 11 is 13.1. The highest BCUT2D eigenvalue weighted by Crippen LogP contribution is 2.38. The number of H-pyrrole nitrogens is 2. The number of halogens is 6. The van der Waals surface area contributed by atoms with Gasteiger partial charge in [-0.1, -0.05) is 23.2 Å². The second kappa shape index (κ2) is 27.0. The molecule has 0 unspecified atom stereocenters. The predicted octanol–water partition coefficient (Wildman–Crippen LogP) is 8.39. The van der Waals surface area contributed by atoms with Gasteiger partial charge in [0.1, 0.15) is 46.4 Å². The van der Waals surface area contributed by atoms with E-state index in [2.05, 4.69) is 60.6 Å². The first kappa shape index (κ1) is 68.6. The zero-order valence-electron chi connectivity index (χ0n) is 53.3. The lowest BCUT2D eigenvalue weighted by Gasteiger charge is -2.23. The van der Waals surface area contributed by atoms with Crippen molar-refractivity contribution in [3.05, 3.63) is 222 Å². The van der Waals surface area contributed by atoms with Crippen molar-refractivity contribution in [3.8, 4) is 22.9 Å². The number of sulfonamides is 2. The lowest BCUT2D eigenvalue weighted by atomic mass is 10.0. The molecule has 0 aliphatic carbocycles. The Bertz CT molecular complexity index is 5760. The number of hydrogen-bond donors (Lipinski definition) is 8. The summed E-state index contributed by atoms with van der Waals surface area (Å²) in [5, 5.41) is 50.2. The van der Waals surface area contributed by atoms with Crippen molar-refractivity contribution in [1.82, 2.24) is 79.7 Å². The van der Waals surface area contributed by atoms with Crippen LogP contribution in [0.1, 0.15) is 46.2 Å². The number of nitrogens with one attached hydrogen (secondary N) is 6. The Hall–Kier alpha value is -11.9. The molecule has 0 radical (unpaired) electrons. The Balaban J connectivity index is 0.000000182. The lowest BCUT2D eigenvalue weighted by Crippen LogP contribution is -2.36. The number of fused-ring (bicyclic) bond motifs is 6. The number of pyridine rings is 2. The van der Waals surface area contributed by atoms with E-state index in [9.17, 15) is 63.8 Å². The highest BCUT2D eigenvalue weighted by atomic mass is 35.5. The number of aromatic hydroxyl groups is 2. The summed E-state index contributed by atoms with van der Waals surface area (Å²) in [5.41, 5.74) is 1.63. The number of rotatable bonds is 18. The number of aromatic amines is 2. The van der Waals surface area contributed by atoms with Crippen molar-refractivity contribution in [2.45, 2.75) is 37.8 Å². The van der Waals surface area contributed by atoms with Gasteiger partial charge in [-0.15, -0.1) is 0 Å². The number of phenols is 2. The van der Waals surface area contributed by atoms with Crippen LogP contribution >= 0.6 is 23.2 Å². The van der Waals surface area contributed by atoms with Crippen molar-refractivity contribution in [2.24, 2.45) is 14.1 Å². The first-order valence-corrected chi connectivity index (χ1v) is 34.9. The SMILES string of the molecule is Cn1nc(NS(C)(=O)=O)c2c(Cl)ccc(-n3c([C@H](Cc4cc(F)cc(F)c4)NC(=O)Cc4[nH]nc5ccc(O)cc45)nc4ncccc4c3=O)c21.Cn1nc(NS(C)(=O)=O)c2c(Cl)ccc(-n3c([C@H](Cc4cc(F)cc(F)c4)NC(=O)Cc4[nH]nc5ccc(O)cc45)nc4ncccc4c3=O)c21. The Morgan fingerprint density at radius 2 is 0.922 bits per heavy atom. The van der Waals surface area contributed by atoms with Gasteiger partial charge in [0.05, 0.1) is 114 Å². The summed E-state index contributed by atoms with van der Waals surface area (Å²) in [7, 11) is -4.56. The molecule has 0 aliphatic heterocycles. The number of aryl methyl sites for hydroxylation is 2. The minimum Gasteiger partial charge on any atom is -0.508 e. The minimum atomic E-state index is -3.80. The molecule has 0 aliphatic rings. The van der Waals surface area contributed by atoms with Gasteiger partial charge < -0.3 is 20.8 Å². The number of hydrogen-bond acceptors (Lipinski definition) is 18. The molecule has 6 aromatic carbocycles. The van der Waals surface area contributed by atoms with Crippen molar-refractivity contribution < 1.29 is 54.2 Å². The highest BCUT2D eigenvalue weighted by Gasteiger charge is 2.31. The normalized spacial score (nSPS) is 12.5. The maximum Gasteiger partial charge on any atom is 0.267 e. The Morgan fingerprint density at radius 1 is 0.539 bits per heavy atom. The minimum absolute atomic E-state index is 0.0307. The van der Waals surface area contributed by atoms with Gasteiger partial charge in [-0.3, -0.25) is 57.3 Å². The standard InChI is InChI=1S/2C33H26ClF2N9O5S/c2*1-44-29-26(8-6-22(34)28(29)31(42-44)43-51(2,49)50)45-32(39-30-20(33(45)48)4-3-9-37-30)25(12-16-10-17(35)13-18(36)11-16)38-27(47)15-24-21-14-19(46)5-7-23(21)40-41-24/h2*3-11,13-14,25,46H,12,15H2,1-2H3,(H,38,47)(H,40,41)(H,42,43)/t2*25-/m00/s1. The fourth-order valence-electron chi connectivity index (χ4n) is 12.1. The molecule has 28 nitrogen and oxygen atoms in total. The quantitative estimate of drug-likeness (QED) is 0.0374. The van der Waals surface area contributed by atoms with Crippen LogP contribution in [0.3, 0.4) is 0 Å². The average molecular weight is 1470 g/mol. The molecule has 8 N–H and O–H groups in total. The van der Waals surface area contributed by atoms with Crippen molar-refractivity contribution in [1.29, 1.82) is 0 Å². The van der Waals surface area contributed by atoms with Crippen molar-refractivity contribution in [2.75, 3.05) is 22.0 Å². The van der Waals surface area contributed by atoms with Gasteiger partial charge >= 0.3 is 0 Å². The molecule has 8 heterocycles. The molecule has 14 rings (SSSR count). The van der Waals surface area contributed by atoms with E-state index < -0.39 is 78.3 Å². The third-order valence-electron chi connectivity index (χ3n) is 16.1. The molecule has 14 aromatic rings. The van der Waals surface area contributed by atoms with Crippen molar-refractivity contribution >= 4 is 132 Å². The second-order valence-corrected chi connectivity index (χ2v) is 27.9. The van der Waals surface area contributed by atoms with E-state index in [0.717, 1.165) is 36.8 Å². The first-order chi connectivity index (χ1) is 48.5. The fraction of sp³-hybridized carbons (Fsp3) is 0.152. The summed E-state index contributed by atoms with van der Waals surface area (Å²) in [6, 6.07) is 24.4. The Kier molecular flexibility index (Phi) is 18.2. The van der Waals surface area contributed by atoms with E-state index in [1.807, 2.05) is 0 Å². The van der Waals surface area contributed by atoms with Gasteiger partial charge in [-0.25, -0.2) is 54.3 Å². The molecule has 36 heteroatoms. The molecule has 0 bridgehead atoms. The third-order valence-corrected chi connectivity index (χ3v) is 17.9. The van der Waals surface area contributed by atoms with Gasteiger partial charge in [0.25, 0.3) is 11.1 Å². The van der Waals surface area contributed by atoms with Gasteiger partial charge in [0.15, 0.2) is 22.9 Å². The molecular weight excluding hydrogens is 1420 g/mol. The molecule has 0 fully saturated rings. The van der Waals surface area contributed by atoms with E-state index >= 15 is 0 Å². The smallest absolute Gasteiger partial charge is 0.267 e. The topological polar surface area (TPSA) is 380 Å². The van der Waals surface area contributed by atoms with Gasteiger partial charge in [-0.05, 0) is 120 Å². The van der Waals surface area contributed by atoms with Gasteiger partial charge in [0, 0.05) is 62.2 Å². The zero-order valence-corrected chi connectivity index (χ0v) is 56.4. The summed E-state index contributed by atoms with van der Waals surface area (Å²) < 4.78 is 116. The molecule has 102 heavy (non-hydrogen) atoms. The average Bonchev–Trinajstić information content (AvgIpc) is 1.51. The summed E-state index contributed by atoms with van der Waals surface area (Å²) in [4.78, 5) is 74.4. The Morgan fingerprint density at radius 3 is 1.29 bits per heavy atom. The summed E-state index contributed by atoms with van der Waals surface area (Å²) in [6.07, 6.45) is 3.76. The predicted molar refractivity (Wildman–Crippen MR) is 371 cm³/mol. The lowest BCUT2D eigenvalue weighted by molar-refractivity contribution is -0.122. The summed E-state index contributed by atoms with van der Waals surface area (Å²) in [5.74, 6) is -5.00. The van der Waals surface area contributed by atoms with Crippen LogP contribution in [-0.2, 0) is 69.4 Å². The Labute approximate surface area is 581 Å². The molecule has 0 spiro atoms. The molecular formula is C66H52Cl2F4N18O10S2. The van der Waals surface area contributed by atoms with Crippen LogP contribution in [0.5, 0.6) is 11.5 Å². The van der Waals surface area contributed by atoms with E-state index in [-0.39, 0.29) is 137 Å². The fourth-order valence-corrected chi connectivity index (χ4v) is 13.6. The van der Waals surface area contributed by atoms with Gasteiger partial charge in [0.2, 0.25) is 31.9 Å². The molecule has 520 valence electrons. The van der Waals surface area contributed by atoms with Crippen LogP contribution in [0.2, 0.25) is 10.0 Å². The van der Waals surface area contributed by atoms with Gasteiger partial charge in [-0.2, -0.15) is 20.4 Å². The molecule has 2 atom stereocenters. The monoisotopic (exact) mass is 1470 g/mol. The second-order valence-electron chi connectivity index (χ2n) is 23.6. The number of carbonyl (C=O) groups is 2. The number of benzene rings is 6. The van der Waals surface area contributed by atoms with Crippen LogP contribution in [0.15, 0.2) is 143 Å². The van der Waals surface area contributed by atoms with E-state index in [0.29, 0.717) is 45.3 Å². The number of amides is 2. The number of carbonyl (C=O) groups excluding carboxylic acids is 2. The number of phenolic OH excluding ortho intramolecular Hbond substituents is 2. The highest BCUT2D eigenvalue weighted by molar-refractivity contribution is 7.92. The van der Waals surface area contributed by atoms with E-state index in [4.69, 9.17) is 33.2 Å². The van der Waals surface area contributed by atoms with Crippen LogP contribution in [0.25, 0.3) is 77.1 Å². The van der Waals surface area contributed by atoms with Crippen molar-refractivity contribution in [3.63, 3.8) is 0 Å². The maximum absolute atomic E-state index is 14.5. The number of anilines is 2. The molecule has 0 saturated carbocycles. The van der Waals surface area contributed by atoms with E-state index in [1.54, 1.807) is 24.3 Å². The van der Waals surface area contributed by atoms with Crippen LogP contribution in [0.4, 0.5) is 29.2 Å². The zero-order chi connectivity index (χ0) is 72.4. The first-order valence-electron chi connectivity index (χ1n) is 30.3. The van der Waals surface area contributed by atoms with E-state index in [1.165, 1.54) is 106 Å². The largest absolute Gasteiger partial charge is 0.508 e. The molecule has 8 aromatic heterocycles. The molecule has 0 saturated heterocycles. The third kappa shape index (κ3) is 14.1. The number of aromatic nitrogens is 14. The van der Waals surface area contributed by atoms with Crippen LogP contribution < -0.4 is 31.2 Å². The maximum atomic E-state index is 14.5. The number of nitrogens with zero attached hydrogens (tertiary/aromatic N) is 12.